The van der Waals surface area contributed by atoms with Crippen molar-refractivity contribution in [3.8, 4) is 5.75 Å². The fourth-order valence-corrected chi connectivity index (χ4v) is 2.85. The van der Waals surface area contributed by atoms with Crippen molar-refractivity contribution in [2.24, 2.45) is 11.8 Å². The molecule has 0 aliphatic carbocycles. The number of halogens is 2. The summed E-state index contributed by atoms with van der Waals surface area (Å²) in [6.07, 6.45) is 0.172. The van der Waals surface area contributed by atoms with Crippen LogP contribution in [0.2, 0.25) is 0 Å². The van der Waals surface area contributed by atoms with Gasteiger partial charge in [-0.3, -0.25) is 4.79 Å². The van der Waals surface area contributed by atoms with Crippen molar-refractivity contribution < 1.29 is 18.3 Å². The van der Waals surface area contributed by atoms with Crippen LogP contribution in [0.25, 0.3) is 0 Å². The number of amides is 1. The van der Waals surface area contributed by atoms with E-state index in [0.29, 0.717) is 19.0 Å². The lowest BCUT2D eigenvalue weighted by Crippen LogP contribution is -2.44. The molecule has 1 aliphatic heterocycles. The minimum atomic E-state index is -0.794. The van der Waals surface area contributed by atoms with E-state index < -0.39 is 17.7 Å². The number of hydrogen-bond donors (Lipinski definition) is 1. The van der Waals surface area contributed by atoms with Gasteiger partial charge in [-0.1, -0.05) is 13.8 Å². The Bertz CT molecular complexity index is 551. The maximum absolute atomic E-state index is 13.8. The van der Waals surface area contributed by atoms with Gasteiger partial charge in [0, 0.05) is 19.2 Å². The van der Waals surface area contributed by atoms with E-state index >= 15 is 0 Å². The Balaban J connectivity index is 2.07. The quantitative estimate of drug-likeness (QED) is 0.873. The monoisotopic (exact) mass is 326 g/mol. The van der Waals surface area contributed by atoms with Gasteiger partial charge in [-0.05, 0) is 44.0 Å². The molecule has 1 amide bonds. The van der Waals surface area contributed by atoms with Gasteiger partial charge in [0.2, 0.25) is 0 Å². The SMILES string of the molecule is CNCC1CCN(C(=O)C(Oc2ccc(F)cc2F)C(C)C)C1. The Morgan fingerprint density at radius 3 is 2.78 bits per heavy atom. The molecule has 1 heterocycles. The van der Waals surface area contributed by atoms with Gasteiger partial charge in [0.15, 0.2) is 17.7 Å². The minimum Gasteiger partial charge on any atom is -0.477 e. The van der Waals surface area contributed by atoms with Crippen LogP contribution in [0, 0.1) is 23.5 Å². The van der Waals surface area contributed by atoms with Crippen molar-refractivity contribution in [1.82, 2.24) is 10.2 Å². The van der Waals surface area contributed by atoms with Gasteiger partial charge in [0.1, 0.15) is 5.82 Å². The third kappa shape index (κ3) is 4.41. The summed E-state index contributed by atoms with van der Waals surface area (Å²) in [6, 6.07) is 3.11. The summed E-state index contributed by atoms with van der Waals surface area (Å²) in [4.78, 5) is 14.5. The highest BCUT2D eigenvalue weighted by Crippen LogP contribution is 2.24. The standard InChI is InChI=1S/C17H24F2N2O2/c1-11(2)16(23-15-5-4-13(18)8-14(15)19)17(22)21-7-6-12(10-21)9-20-3/h4-5,8,11-12,16,20H,6-7,9-10H2,1-3H3. The first-order chi connectivity index (χ1) is 10.9. The molecule has 0 aromatic heterocycles. The molecule has 4 nitrogen and oxygen atoms in total. The predicted molar refractivity (Wildman–Crippen MR) is 84.2 cm³/mol. The van der Waals surface area contributed by atoms with Crippen LogP contribution in [0.15, 0.2) is 18.2 Å². The van der Waals surface area contributed by atoms with Crippen LogP contribution < -0.4 is 10.1 Å². The second-order valence-corrected chi connectivity index (χ2v) is 6.35. The topological polar surface area (TPSA) is 41.6 Å². The molecule has 23 heavy (non-hydrogen) atoms. The molecule has 2 rings (SSSR count). The lowest BCUT2D eigenvalue weighted by Gasteiger charge is -2.27. The predicted octanol–water partition coefficient (Wildman–Crippen LogP) is 2.44. The van der Waals surface area contributed by atoms with E-state index in [1.54, 1.807) is 4.90 Å². The number of rotatable bonds is 6. The lowest BCUT2D eigenvalue weighted by molar-refractivity contribution is -0.139. The highest BCUT2D eigenvalue weighted by Gasteiger charge is 2.34. The fraction of sp³-hybridized carbons (Fsp3) is 0.588. The van der Waals surface area contributed by atoms with Crippen molar-refractivity contribution in [3.63, 3.8) is 0 Å². The number of nitrogens with one attached hydrogen (secondary N) is 1. The molecule has 128 valence electrons. The molecule has 6 heteroatoms. The van der Waals surface area contributed by atoms with Gasteiger partial charge in [-0.2, -0.15) is 0 Å². The largest absolute Gasteiger partial charge is 0.477 e. The van der Waals surface area contributed by atoms with Crippen molar-refractivity contribution >= 4 is 5.91 Å². The minimum absolute atomic E-state index is 0.0931. The molecule has 2 unspecified atom stereocenters. The number of nitrogens with zero attached hydrogens (tertiary/aromatic N) is 1. The fourth-order valence-electron chi connectivity index (χ4n) is 2.85. The molecule has 1 aromatic carbocycles. The van der Waals surface area contributed by atoms with Gasteiger partial charge in [-0.15, -0.1) is 0 Å². The highest BCUT2D eigenvalue weighted by atomic mass is 19.1. The van der Waals surface area contributed by atoms with Crippen molar-refractivity contribution in [3.05, 3.63) is 29.8 Å². The van der Waals surface area contributed by atoms with Crippen molar-refractivity contribution in [1.29, 1.82) is 0 Å². The molecule has 2 atom stereocenters. The second-order valence-electron chi connectivity index (χ2n) is 6.35. The van der Waals surface area contributed by atoms with E-state index in [4.69, 9.17) is 4.74 Å². The highest BCUT2D eigenvalue weighted by molar-refractivity contribution is 5.81. The molecule has 0 bridgehead atoms. The van der Waals surface area contributed by atoms with Crippen LogP contribution >= 0.6 is 0 Å². The van der Waals surface area contributed by atoms with Gasteiger partial charge >= 0.3 is 0 Å². The van der Waals surface area contributed by atoms with Gasteiger partial charge < -0.3 is 15.0 Å². The van der Waals surface area contributed by atoms with E-state index in [-0.39, 0.29) is 17.6 Å². The Hall–Kier alpha value is -1.69. The molecule has 1 aliphatic rings. The van der Waals surface area contributed by atoms with E-state index in [1.165, 1.54) is 6.07 Å². The number of carbonyl (C=O) groups is 1. The first kappa shape index (κ1) is 17.7. The lowest BCUT2D eigenvalue weighted by atomic mass is 10.1. The van der Waals surface area contributed by atoms with Crippen LogP contribution in [0.3, 0.4) is 0 Å². The number of carbonyl (C=O) groups excluding carboxylic acids is 1. The molecule has 1 fully saturated rings. The Morgan fingerprint density at radius 1 is 1.43 bits per heavy atom. The summed E-state index contributed by atoms with van der Waals surface area (Å²) in [5.41, 5.74) is 0. The molecule has 0 radical (unpaired) electrons. The number of benzene rings is 1. The van der Waals surface area contributed by atoms with Crippen LogP contribution in [0.1, 0.15) is 20.3 Å². The van der Waals surface area contributed by atoms with Gasteiger partial charge in [-0.25, -0.2) is 8.78 Å². The van der Waals surface area contributed by atoms with Crippen LogP contribution in [0.5, 0.6) is 5.75 Å². The van der Waals surface area contributed by atoms with E-state index in [9.17, 15) is 13.6 Å². The Labute approximate surface area is 135 Å². The molecule has 1 N–H and O–H groups in total. The maximum Gasteiger partial charge on any atom is 0.263 e. The summed E-state index contributed by atoms with van der Waals surface area (Å²) >= 11 is 0. The van der Waals surface area contributed by atoms with E-state index in [0.717, 1.165) is 25.1 Å². The molecule has 1 aromatic rings. The second kappa shape index (κ2) is 7.73. The summed E-state index contributed by atoms with van der Waals surface area (Å²) in [6.45, 7) is 5.93. The normalized spacial score (nSPS) is 19.2. The van der Waals surface area contributed by atoms with Gasteiger partial charge in [0.05, 0.1) is 0 Å². The molecular formula is C17H24F2N2O2. The van der Waals surface area contributed by atoms with Crippen LogP contribution in [-0.2, 0) is 4.79 Å². The molecular weight excluding hydrogens is 302 g/mol. The zero-order valence-corrected chi connectivity index (χ0v) is 13.8. The number of likely N-dealkylation sites (tertiary alicyclic amines) is 1. The summed E-state index contributed by atoms with van der Waals surface area (Å²) in [7, 11) is 1.89. The zero-order chi connectivity index (χ0) is 17.0. The Morgan fingerprint density at radius 2 is 2.17 bits per heavy atom. The van der Waals surface area contributed by atoms with Gasteiger partial charge in [0.25, 0.3) is 5.91 Å². The van der Waals surface area contributed by atoms with E-state index in [1.807, 2.05) is 20.9 Å². The summed E-state index contributed by atoms with van der Waals surface area (Å²) in [5.74, 6) is -1.38. The van der Waals surface area contributed by atoms with Crippen LogP contribution in [-0.4, -0.2) is 43.6 Å². The maximum atomic E-state index is 13.8. The van der Waals surface area contributed by atoms with Crippen LogP contribution in [0.4, 0.5) is 8.78 Å². The molecule has 0 saturated carbocycles. The first-order valence-electron chi connectivity index (χ1n) is 7.97. The molecule has 0 spiro atoms. The third-order valence-electron chi connectivity index (χ3n) is 4.09. The smallest absolute Gasteiger partial charge is 0.263 e. The third-order valence-corrected chi connectivity index (χ3v) is 4.09. The zero-order valence-electron chi connectivity index (χ0n) is 13.8. The summed E-state index contributed by atoms with van der Waals surface area (Å²) < 4.78 is 32.3. The van der Waals surface area contributed by atoms with Crippen molar-refractivity contribution in [2.45, 2.75) is 26.4 Å². The average Bonchev–Trinajstić information content (AvgIpc) is 2.94. The number of ether oxygens (including phenoxy) is 1. The van der Waals surface area contributed by atoms with E-state index in [2.05, 4.69) is 5.32 Å². The summed E-state index contributed by atoms with van der Waals surface area (Å²) in [5, 5.41) is 3.12. The Kier molecular flexibility index (Phi) is 5.93. The first-order valence-corrected chi connectivity index (χ1v) is 7.97. The molecule has 1 saturated heterocycles. The average molecular weight is 326 g/mol. The van der Waals surface area contributed by atoms with Crippen molar-refractivity contribution in [2.75, 3.05) is 26.7 Å². The number of hydrogen-bond acceptors (Lipinski definition) is 3.